The van der Waals surface area contributed by atoms with Gasteiger partial charge in [0.25, 0.3) is 0 Å². The first kappa shape index (κ1) is 19.5. The van der Waals surface area contributed by atoms with E-state index in [4.69, 9.17) is 4.42 Å². The third kappa shape index (κ3) is 4.74. The van der Waals surface area contributed by atoms with Gasteiger partial charge < -0.3 is 9.32 Å². The quantitative estimate of drug-likeness (QED) is 0.739. The van der Waals surface area contributed by atoms with Crippen LogP contribution in [0.15, 0.2) is 52.0 Å². The van der Waals surface area contributed by atoms with Crippen molar-refractivity contribution in [1.82, 2.24) is 14.1 Å². The van der Waals surface area contributed by atoms with Crippen LogP contribution in [-0.2, 0) is 21.4 Å². The van der Waals surface area contributed by atoms with E-state index in [0.717, 1.165) is 17.9 Å². The van der Waals surface area contributed by atoms with Gasteiger partial charge in [0.15, 0.2) is 0 Å². The number of rotatable bonds is 6. The molecule has 2 heterocycles. The predicted molar refractivity (Wildman–Crippen MR) is 96.8 cm³/mol. The highest BCUT2D eigenvalue weighted by Gasteiger charge is 2.30. The first-order valence-electron chi connectivity index (χ1n) is 8.60. The van der Waals surface area contributed by atoms with Crippen molar-refractivity contribution in [3.05, 3.63) is 54.2 Å². The fourth-order valence-electron chi connectivity index (χ4n) is 2.99. The number of furan rings is 1. The van der Waals surface area contributed by atoms with Crippen LogP contribution >= 0.6 is 0 Å². The van der Waals surface area contributed by atoms with E-state index in [0.29, 0.717) is 19.6 Å². The van der Waals surface area contributed by atoms with Gasteiger partial charge in [-0.05, 0) is 43.4 Å². The summed E-state index contributed by atoms with van der Waals surface area (Å²) in [6, 6.07) is 8.41. The SMILES string of the molecule is CN(CC(=O)N1CCN(S(=O)(=O)c2ccc(F)cc2)CC1)Cc1ccco1. The fraction of sp³-hybridized carbons (Fsp3) is 0.389. The Balaban J connectivity index is 1.53. The van der Waals surface area contributed by atoms with Crippen LogP contribution in [0.25, 0.3) is 0 Å². The first-order chi connectivity index (χ1) is 12.9. The number of hydrogen-bond acceptors (Lipinski definition) is 5. The normalized spacial score (nSPS) is 16.0. The van der Waals surface area contributed by atoms with Crippen LogP contribution < -0.4 is 0 Å². The smallest absolute Gasteiger partial charge is 0.243 e. The standard InChI is InChI=1S/C18H22FN3O4S/c1-20(13-16-3-2-12-26-16)14-18(23)21-8-10-22(11-9-21)27(24,25)17-6-4-15(19)5-7-17/h2-7,12H,8-11,13-14H2,1H3. The number of nitrogens with zero attached hydrogens (tertiary/aromatic N) is 3. The fourth-order valence-corrected chi connectivity index (χ4v) is 4.41. The molecule has 1 aliphatic rings. The van der Waals surface area contributed by atoms with E-state index < -0.39 is 15.8 Å². The lowest BCUT2D eigenvalue weighted by molar-refractivity contribution is -0.133. The summed E-state index contributed by atoms with van der Waals surface area (Å²) in [4.78, 5) is 16.0. The summed E-state index contributed by atoms with van der Waals surface area (Å²) < 4.78 is 44.8. The summed E-state index contributed by atoms with van der Waals surface area (Å²) in [5, 5.41) is 0. The second-order valence-electron chi connectivity index (χ2n) is 6.49. The molecule has 1 aliphatic heterocycles. The van der Waals surface area contributed by atoms with Gasteiger partial charge in [-0.25, -0.2) is 12.8 Å². The highest BCUT2D eigenvalue weighted by molar-refractivity contribution is 7.89. The molecule has 9 heteroatoms. The van der Waals surface area contributed by atoms with Gasteiger partial charge in [-0.3, -0.25) is 9.69 Å². The molecule has 3 rings (SSSR count). The number of halogens is 1. The molecule has 1 aromatic carbocycles. The summed E-state index contributed by atoms with van der Waals surface area (Å²) in [6.07, 6.45) is 1.59. The Labute approximate surface area is 158 Å². The number of amides is 1. The number of likely N-dealkylation sites (N-methyl/N-ethyl adjacent to an activating group) is 1. The van der Waals surface area contributed by atoms with Crippen molar-refractivity contribution in [2.75, 3.05) is 39.8 Å². The molecule has 0 N–H and O–H groups in total. The second-order valence-corrected chi connectivity index (χ2v) is 8.43. The molecule has 0 saturated carbocycles. The lowest BCUT2D eigenvalue weighted by Gasteiger charge is -2.34. The maximum Gasteiger partial charge on any atom is 0.243 e. The van der Waals surface area contributed by atoms with Crippen molar-refractivity contribution in [3.8, 4) is 0 Å². The van der Waals surface area contributed by atoms with Crippen molar-refractivity contribution < 1.29 is 22.0 Å². The van der Waals surface area contributed by atoms with Crippen LogP contribution in [-0.4, -0.2) is 68.2 Å². The van der Waals surface area contributed by atoms with Crippen LogP contribution in [0.3, 0.4) is 0 Å². The summed E-state index contributed by atoms with van der Waals surface area (Å²) in [6.45, 7) is 1.84. The predicted octanol–water partition coefficient (Wildman–Crippen LogP) is 1.38. The van der Waals surface area contributed by atoms with Crippen molar-refractivity contribution in [3.63, 3.8) is 0 Å². The van der Waals surface area contributed by atoms with Crippen LogP contribution in [0.1, 0.15) is 5.76 Å². The van der Waals surface area contributed by atoms with Gasteiger partial charge in [0.2, 0.25) is 15.9 Å². The first-order valence-corrected chi connectivity index (χ1v) is 10.0. The van der Waals surface area contributed by atoms with Crippen LogP contribution in [0, 0.1) is 5.82 Å². The molecule has 2 aromatic rings. The van der Waals surface area contributed by atoms with Crippen molar-refractivity contribution in [2.24, 2.45) is 0 Å². The van der Waals surface area contributed by atoms with E-state index in [1.54, 1.807) is 17.2 Å². The Morgan fingerprint density at radius 2 is 1.81 bits per heavy atom. The van der Waals surface area contributed by atoms with Gasteiger partial charge in [-0.2, -0.15) is 4.31 Å². The molecule has 1 amide bonds. The van der Waals surface area contributed by atoms with E-state index in [9.17, 15) is 17.6 Å². The average molecular weight is 395 g/mol. The van der Waals surface area contributed by atoms with Crippen molar-refractivity contribution >= 4 is 15.9 Å². The Kier molecular flexibility index (Phi) is 5.93. The van der Waals surface area contributed by atoms with Gasteiger partial charge in [-0.15, -0.1) is 0 Å². The maximum absolute atomic E-state index is 13.0. The highest BCUT2D eigenvalue weighted by atomic mass is 32.2. The molecule has 7 nitrogen and oxygen atoms in total. The minimum absolute atomic E-state index is 0.0529. The second kappa shape index (κ2) is 8.20. The zero-order valence-electron chi connectivity index (χ0n) is 15.0. The van der Waals surface area contributed by atoms with Crippen molar-refractivity contribution in [1.29, 1.82) is 0 Å². The molecule has 0 atom stereocenters. The monoisotopic (exact) mass is 395 g/mol. The highest BCUT2D eigenvalue weighted by Crippen LogP contribution is 2.18. The molecule has 1 aromatic heterocycles. The van der Waals surface area contributed by atoms with Gasteiger partial charge in [0, 0.05) is 26.2 Å². The lowest BCUT2D eigenvalue weighted by Crippen LogP contribution is -2.52. The molecule has 1 fully saturated rings. The molecular weight excluding hydrogens is 373 g/mol. The van der Waals surface area contributed by atoms with E-state index in [1.165, 1.54) is 16.4 Å². The Morgan fingerprint density at radius 3 is 2.41 bits per heavy atom. The Hall–Kier alpha value is -2.23. The summed E-state index contributed by atoms with van der Waals surface area (Å²) in [7, 11) is -1.85. The zero-order chi connectivity index (χ0) is 19.4. The molecule has 1 saturated heterocycles. The van der Waals surface area contributed by atoms with Crippen LogP contribution in [0.2, 0.25) is 0 Å². The van der Waals surface area contributed by atoms with Crippen molar-refractivity contribution in [2.45, 2.75) is 11.4 Å². The van der Waals surface area contributed by atoms with E-state index in [2.05, 4.69) is 0 Å². The molecule has 27 heavy (non-hydrogen) atoms. The van der Waals surface area contributed by atoms with Gasteiger partial charge in [0.05, 0.1) is 24.2 Å². The van der Waals surface area contributed by atoms with E-state index >= 15 is 0 Å². The molecular formula is C18H22FN3O4S. The van der Waals surface area contributed by atoms with E-state index in [1.807, 2.05) is 18.0 Å². The number of carbonyl (C=O) groups excluding carboxylic acids is 1. The summed E-state index contributed by atoms with van der Waals surface area (Å²) in [5.41, 5.74) is 0. The topological polar surface area (TPSA) is 74.1 Å². The number of hydrogen-bond donors (Lipinski definition) is 0. The average Bonchev–Trinajstić information content (AvgIpc) is 3.15. The largest absolute Gasteiger partial charge is 0.468 e. The molecule has 0 radical (unpaired) electrons. The number of carbonyl (C=O) groups is 1. The van der Waals surface area contributed by atoms with Gasteiger partial charge >= 0.3 is 0 Å². The number of piperazine rings is 1. The molecule has 0 unspecified atom stereocenters. The Morgan fingerprint density at radius 1 is 1.15 bits per heavy atom. The third-order valence-electron chi connectivity index (χ3n) is 4.45. The number of benzene rings is 1. The zero-order valence-corrected chi connectivity index (χ0v) is 15.9. The molecule has 0 bridgehead atoms. The number of sulfonamides is 1. The minimum Gasteiger partial charge on any atom is -0.468 e. The van der Waals surface area contributed by atoms with Crippen LogP contribution in [0.5, 0.6) is 0 Å². The molecule has 0 aliphatic carbocycles. The summed E-state index contributed by atoms with van der Waals surface area (Å²) in [5.74, 6) is 0.242. The molecule has 0 spiro atoms. The third-order valence-corrected chi connectivity index (χ3v) is 6.37. The van der Waals surface area contributed by atoms with Gasteiger partial charge in [-0.1, -0.05) is 0 Å². The molecule has 146 valence electrons. The van der Waals surface area contributed by atoms with Crippen LogP contribution in [0.4, 0.5) is 4.39 Å². The summed E-state index contributed by atoms with van der Waals surface area (Å²) >= 11 is 0. The maximum atomic E-state index is 13.0. The van der Waals surface area contributed by atoms with Gasteiger partial charge in [0.1, 0.15) is 11.6 Å². The Bertz CT molecular complexity index is 861. The van der Waals surface area contributed by atoms with E-state index in [-0.39, 0.29) is 30.4 Å². The lowest BCUT2D eigenvalue weighted by atomic mass is 10.3. The minimum atomic E-state index is -3.68.